The van der Waals surface area contributed by atoms with Gasteiger partial charge in [0.05, 0.1) is 57.5 Å². The average Bonchev–Trinajstić information content (AvgIpc) is 3.42. The van der Waals surface area contributed by atoms with Crippen LogP contribution in [-0.4, -0.2) is 126 Å². The maximum absolute atomic E-state index is 13.9. The minimum Gasteiger partial charge on any atom is -0.496 e. The Labute approximate surface area is 466 Å². The first-order chi connectivity index (χ1) is 37.7. The molecular weight excluding hydrogens is 1070 g/mol. The van der Waals surface area contributed by atoms with Crippen molar-refractivity contribution in [2.45, 2.75) is 64.7 Å². The van der Waals surface area contributed by atoms with Gasteiger partial charge in [-0.2, -0.15) is 26.3 Å². The van der Waals surface area contributed by atoms with Gasteiger partial charge in [-0.05, 0) is 92.9 Å². The number of nitrogens with one attached hydrogen (secondary N) is 1. The number of fused-ring (bicyclic) bond motifs is 2. The second-order valence-corrected chi connectivity index (χ2v) is 21.2. The summed E-state index contributed by atoms with van der Waals surface area (Å²) in [6, 6.07) is 27.4. The predicted octanol–water partition coefficient (Wildman–Crippen LogP) is 12.2. The number of benzene rings is 6. The highest BCUT2D eigenvalue weighted by Crippen LogP contribution is 2.44. The van der Waals surface area contributed by atoms with Crippen LogP contribution in [0, 0.1) is 0 Å². The van der Waals surface area contributed by atoms with Gasteiger partial charge in [0.15, 0.2) is 5.75 Å². The molecule has 0 bridgehead atoms. The van der Waals surface area contributed by atoms with Crippen LogP contribution < -0.4 is 24.3 Å². The van der Waals surface area contributed by atoms with Crippen LogP contribution in [0.1, 0.15) is 84.5 Å². The number of halogens is 7. The van der Waals surface area contributed by atoms with Crippen molar-refractivity contribution in [2.75, 3.05) is 98.4 Å². The van der Waals surface area contributed by atoms with Gasteiger partial charge in [0.1, 0.15) is 30.5 Å². The molecule has 8 rings (SSSR count). The summed E-state index contributed by atoms with van der Waals surface area (Å²) in [5.41, 5.74) is -1.59. The number of nitrogens with zero attached hydrogens (tertiary/aromatic N) is 2. The lowest BCUT2D eigenvalue weighted by atomic mass is 9.85. The summed E-state index contributed by atoms with van der Waals surface area (Å²) in [5.74, 6) is -2.12. The molecule has 2 saturated heterocycles. The SMILES string of the molecule is COc1c(NC(=O)C(=O)c2ccc(OCCN3CCOCC3)c3ccccc23)cc(C(C)(C)C)cc1C(F)(F)F.COc1ccc(C(C)(C)C)cc1C(F)(F)F.O=C(Cl)C(=O)c1ccc(OCCN2CCOCC2)c2ccccc12. The average molecular weight is 1140 g/mol. The van der Waals surface area contributed by atoms with Gasteiger partial charge in [0, 0.05) is 61.2 Å². The van der Waals surface area contributed by atoms with Crippen molar-refractivity contribution in [3.8, 4) is 23.0 Å². The number of carbonyl (C=O) groups excluding carboxylic acids is 4. The second-order valence-electron chi connectivity index (χ2n) is 20.8. The maximum atomic E-state index is 13.9. The molecule has 2 fully saturated rings. The third kappa shape index (κ3) is 16.4. The van der Waals surface area contributed by atoms with Crippen molar-refractivity contribution < 1.29 is 73.9 Å². The Morgan fingerprint density at radius 1 is 0.537 bits per heavy atom. The van der Waals surface area contributed by atoms with E-state index in [0.29, 0.717) is 70.8 Å². The first kappa shape index (κ1) is 62.4. The molecular formula is C60H66ClF6N3O10. The Morgan fingerprint density at radius 2 is 0.963 bits per heavy atom. The van der Waals surface area contributed by atoms with Crippen molar-refractivity contribution >= 4 is 61.5 Å². The van der Waals surface area contributed by atoms with E-state index in [-0.39, 0.29) is 22.4 Å². The van der Waals surface area contributed by atoms with Gasteiger partial charge in [-0.3, -0.25) is 29.0 Å². The lowest BCUT2D eigenvalue weighted by Gasteiger charge is -2.26. The fourth-order valence-corrected chi connectivity index (χ4v) is 8.90. The molecule has 6 aromatic rings. The monoisotopic (exact) mass is 1140 g/mol. The van der Waals surface area contributed by atoms with Crippen molar-refractivity contribution in [3.05, 3.63) is 137 Å². The molecule has 20 heteroatoms. The fraction of sp³-hybridized carbons (Fsp3) is 0.400. The van der Waals surface area contributed by atoms with Crippen molar-refractivity contribution in [3.63, 3.8) is 0 Å². The minimum absolute atomic E-state index is 0.107. The summed E-state index contributed by atoms with van der Waals surface area (Å²) < 4.78 is 112. The topological polar surface area (TPSA) is 142 Å². The summed E-state index contributed by atoms with van der Waals surface area (Å²) >= 11 is 5.34. The van der Waals surface area contributed by atoms with E-state index in [1.807, 2.05) is 39.0 Å². The number of ketones is 2. The highest BCUT2D eigenvalue weighted by molar-refractivity contribution is 6.83. The Bertz CT molecular complexity index is 3140. The van der Waals surface area contributed by atoms with Crippen LogP contribution in [0.15, 0.2) is 103 Å². The van der Waals surface area contributed by atoms with Crippen LogP contribution in [0.2, 0.25) is 0 Å². The molecule has 6 aromatic carbocycles. The first-order valence-electron chi connectivity index (χ1n) is 25.8. The molecule has 2 heterocycles. The molecule has 2 aliphatic heterocycles. The Morgan fingerprint density at radius 3 is 1.38 bits per heavy atom. The van der Waals surface area contributed by atoms with Gasteiger partial charge in [-0.1, -0.05) is 96.1 Å². The Balaban J connectivity index is 0.000000217. The van der Waals surface area contributed by atoms with Gasteiger partial charge < -0.3 is 33.7 Å². The predicted molar refractivity (Wildman–Crippen MR) is 295 cm³/mol. The van der Waals surface area contributed by atoms with E-state index in [2.05, 4.69) is 15.1 Å². The molecule has 430 valence electrons. The second kappa shape index (κ2) is 27.1. The van der Waals surface area contributed by atoms with E-state index in [1.54, 1.807) is 75.4 Å². The summed E-state index contributed by atoms with van der Waals surface area (Å²) in [6.45, 7) is 19.8. The number of hydrogen-bond donors (Lipinski definition) is 1. The summed E-state index contributed by atoms with van der Waals surface area (Å²) in [7, 11) is 2.32. The highest BCUT2D eigenvalue weighted by atomic mass is 35.5. The van der Waals surface area contributed by atoms with Crippen LogP contribution >= 0.6 is 11.6 Å². The zero-order valence-corrected chi connectivity index (χ0v) is 46.7. The lowest BCUT2D eigenvalue weighted by molar-refractivity contribution is -0.139. The molecule has 80 heavy (non-hydrogen) atoms. The van der Waals surface area contributed by atoms with Crippen LogP contribution in [0.4, 0.5) is 32.0 Å². The molecule has 0 spiro atoms. The number of hydrogen-bond acceptors (Lipinski definition) is 12. The highest BCUT2D eigenvalue weighted by Gasteiger charge is 2.38. The first-order valence-corrected chi connectivity index (χ1v) is 26.1. The zero-order chi connectivity index (χ0) is 58.6. The summed E-state index contributed by atoms with van der Waals surface area (Å²) in [4.78, 5) is 54.1. The molecule has 1 amide bonds. The number of morpholine rings is 2. The minimum atomic E-state index is -4.73. The number of carbonyl (C=O) groups is 4. The maximum Gasteiger partial charge on any atom is 0.420 e. The van der Waals surface area contributed by atoms with Gasteiger partial charge in [0.25, 0.3) is 16.9 Å². The van der Waals surface area contributed by atoms with Crippen LogP contribution in [-0.2, 0) is 42.2 Å². The number of anilines is 1. The van der Waals surface area contributed by atoms with Crippen molar-refractivity contribution in [1.82, 2.24) is 9.80 Å². The zero-order valence-electron chi connectivity index (χ0n) is 45.9. The van der Waals surface area contributed by atoms with E-state index < -0.39 is 57.4 Å². The quantitative estimate of drug-likeness (QED) is 0.0453. The molecule has 0 saturated carbocycles. The molecule has 0 aromatic heterocycles. The van der Waals surface area contributed by atoms with Gasteiger partial charge in [-0.25, -0.2) is 0 Å². The number of alkyl halides is 6. The van der Waals surface area contributed by atoms with E-state index in [4.69, 9.17) is 40.0 Å². The van der Waals surface area contributed by atoms with E-state index in [0.717, 1.165) is 77.1 Å². The van der Waals surface area contributed by atoms with Crippen molar-refractivity contribution in [1.29, 1.82) is 0 Å². The summed E-state index contributed by atoms with van der Waals surface area (Å²) in [6.07, 6.45) is -9.11. The number of amides is 1. The molecule has 2 aliphatic rings. The Hall–Kier alpha value is -6.77. The number of ether oxygens (including phenoxy) is 6. The molecule has 0 atom stereocenters. The number of Topliss-reactive ketones (excluding diaryl/α,β-unsaturated/α-hetero) is 2. The van der Waals surface area contributed by atoms with Gasteiger partial charge >= 0.3 is 12.4 Å². The molecule has 0 unspecified atom stereocenters. The van der Waals surface area contributed by atoms with E-state index in [1.165, 1.54) is 25.3 Å². The van der Waals surface area contributed by atoms with Crippen LogP contribution in [0.5, 0.6) is 23.0 Å². The normalized spacial score (nSPS) is 14.5. The third-order valence-electron chi connectivity index (χ3n) is 13.3. The van der Waals surface area contributed by atoms with Gasteiger partial charge in [0.2, 0.25) is 5.78 Å². The molecule has 13 nitrogen and oxygen atoms in total. The summed E-state index contributed by atoms with van der Waals surface area (Å²) in [5, 5.41) is 4.00. The standard InChI is InChI=1S/C30H33F3N2O5.C18H18ClNO4.C12H15F3O/c1-29(2,3)19-17-23(30(31,32)33)27(38-4)24(18-19)34-28(37)26(36)22-9-10-25(21-8-6-5-7-20(21)22)40-16-13-35-11-14-39-15-12-35;19-18(22)17(21)15-5-6-16(14-4-2-1-3-13(14)15)24-12-9-20-7-10-23-11-8-20;1-11(2,3)8-5-6-10(16-4)9(7-8)12(13,14)15/h5-10,17-18H,11-16H2,1-4H3,(H,34,37);1-6H,7-12H2;5-7H,1-4H3. The van der Waals surface area contributed by atoms with E-state index >= 15 is 0 Å². The third-order valence-corrected chi connectivity index (χ3v) is 13.4. The van der Waals surface area contributed by atoms with Gasteiger partial charge in [-0.15, -0.1) is 0 Å². The molecule has 1 N–H and O–H groups in total. The Kier molecular flexibility index (Phi) is 21.2. The fourth-order valence-electron chi connectivity index (χ4n) is 8.80. The lowest BCUT2D eigenvalue weighted by Crippen LogP contribution is -2.38. The molecule has 0 radical (unpaired) electrons. The molecule has 0 aliphatic carbocycles. The van der Waals surface area contributed by atoms with Crippen molar-refractivity contribution in [2.24, 2.45) is 0 Å². The largest absolute Gasteiger partial charge is 0.496 e. The van der Waals surface area contributed by atoms with Crippen LogP contribution in [0.3, 0.4) is 0 Å². The number of rotatable bonds is 15. The van der Waals surface area contributed by atoms with E-state index in [9.17, 15) is 45.5 Å². The van der Waals surface area contributed by atoms with Crippen LogP contribution in [0.25, 0.3) is 21.5 Å². The number of methoxy groups -OCH3 is 2. The smallest absolute Gasteiger partial charge is 0.420 e.